The molecular weight excluding hydrogens is 390 g/mol. The Balaban J connectivity index is 1.94. The van der Waals surface area contributed by atoms with Crippen molar-refractivity contribution < 1.29 is 26.8 Å². The summed E-state index contributed by atoms with van der Waals surface area (Å²) in [6.07, 6.45) is 1.00. The molecule has 9 heteroatoms. The molecule has 2 atom stereocenters. The molecule has 1 fully saturated rings. The Kier molecular flexibility index (Phi) is 5.20. The summed E-state index contributed by atoms with van der Waals surface area (Å²) in [4.78, 5) is 24.9. The first-order chi connectivity index (χ1) is 13.1. The number of amides is 2. The van der Waals surface area contributed by atoms with Crippen molar-refractivity contribution in [2.24, 2.45) is 5.92 Å². The average molecular weight is 408 g/mol. The molecule has 0 bridgehead atoms. The van der Waals surface area contributed by atoms with Gasteiger partial charge in [0.15, 0.2) is 9.84 Å². The maximum absolute atomic E-state index is 13.9. The van der Waals surface area contributed by atoms with Crippen molar-refractivity contribution in [3.63, 3.8) is 0 Å². The van der Waals surface area contributed by atoms with Gasteiger partial charge in [-0.3, -0.25) is 9.59 Å². The Labute approximate surface area is 160 Å². The van der Waals surface area contributed by atoms with Crippen LogP contribution in [0.3, 0.4) is 0 Å². The molecule has 0 aromatic heterocycles. The third-order valence-electron chi connectivity index (χ3n) is 4.74. The molecule has 0 aliphatic carbocycles. The molecular formula is C19H18F2N2O4S. The minimum Gasteiger partial charge on any atom is -0.355 e. The quantitative estimate of drug-likeness (QED) is 0.759. The average Bonchev–Trinajstić information content (AvgIpc) is 3.00. The van der Waals surface area contributed by atoms with Gasteiger partial charge in [-0.05, 0) is 36.8 Å². The fourth-order valence-electron chi connectivity index (χ4n) is 3.22. The third-order valence-corrected chi connectivity index (χ3v) is 5.89. The number of sulfone groups is 1. The van der Waals surface area contributed by atoms with Gasteiger partial charge in [0.2, 0.25) is 11.8 Å². The van der Waals surface area contributed by atoms with Crippen molar-refractivity contribution in [3.8, 4) is 0 Å². The minimum absolute atomic E-state index is 0.0343. The standard InChI is InChI=1S/C19H18F2N2O4S/c1-10-13(20)7-11(8-14(10)21)12-9-22-18(24)17(12)19(25)23-15-5-3-4-6-16(15)28(2,26)27/h3-8,12,17H,9H2,1-2H3,(H,22,24)(H,23,25)/t12-,17-/m1/s1. The zero-order valence-electron chi connectivity index (χ0n) is 15.1. The first kappa shape index (κ1) is 19.9. The first-order valence-corrected chi connectivity index (χ1v) is 10.3. The second-order valence-electron chi connectivity index (χ2n) is 6.70. The van der Waals surface area contributed by atoms with Crippen LogP contribution in [0.2, 0.25) is 0 Å². The minimum atomic E-state index is -3.61. The number of nitrogens with one attached hydrogen (secondary N) is 2. The van der Waals surface area contributed by atoms with Crippen LogP contribution in [0.5, 0.6) is 0 Å². The summed E-state index contributed by atoms with van der Waals surface area (Å²) >= 11 is 0. The second kappa shape index (κ2) is 7.31. The van der Waals surface area contributed by atoms with Crippen LogP contribution >= 0.6 is 0 Å². The summed E-state index contributed by atoms with van der Waals surface area (Å²) in [6.45, 7) is 1.32. The van der Waals surface area contributed by atoms with E-state index in [0.29, 0.717) is 0 Å². The number of carbonyl (C=O) groups is 2. The Morgan fingerprint density at radius 2 is 1.79 bits per heavy atom. The van der Waals surface area contributed by atoms with Gasteiger partial charge in [-0.2, -0.15) is 0 Å². The number of carbonyl (C=O) groups excluding carboxylic acids is 2. The van der Waals surface area contributed by atoms with Crippen LogP contribution in [0.1, 0.15) is 17.0 Å². The van der Waals surface area contributed by atoms with Crippen LogP contribution in [0.4, 0.5) is 14.5 Å². The van der Waals surface area contributed by atoms with Crippen molar-refractivity contribution >= 4 is 27.3 Å². The van der Waals surface area contributed by atoms with E-state index in [1.54, 1.807) is 6.07 Å². The summed E-state index contributed by atoms with van der Waals surface area (Å²) in [5.74, 6) is -4.93. The normalized spacial score (nSPS) is 19.4. The molecule has 1 aliphatic rings. The molecule has 2 aromatic carbocycles. The lowest BCUT2D eigenvalue weighted by atomic mass is 9.87. The number of anilines is 1. The summed E-state index contributed by atoms with van der Waals surface area (Å²) < 4.78 is 51.7. The van der Waals surface area contributed by atoms with Crippen molar-refractivity contribution in [2.75, 3.05) is 18.1 Å². The van der Waals surface area contributed by atoms with Gasteiger partial charge in [-0.25, -0.2) is 17.2 Å². The maximum atomic E-state index is 13.9. The van der Waals surface area contributed by atoms with E-state index >= 15 is 0 Å². The fourth-order valence-corrected chi connectivity index (χ4v) is 4.06. The lowest BCUT2D eigenvalue weighted by Gasteiger charge is -2.18. The zero-order valence-corrected chi connectivity index (χ0v) is 15.9. The van der Waals surface area contributed by atoms with Crippen molar-refractivity contribution in [1.82, 2.24) is 5.32 Å². The molecule has 2 aromatic rings. The second-order valence-corrected chi connectivity index (χ2v) is 8.68. The Morgan fingerprint density at radius 3 is 2.39 bits per heavy atom. The van der Waals surface area contributed by atoms with E-state index < -0.39 is 45.1 Å². The highest BCUT2D eigenvalue weighted by Crippen LogP contribution is 2.32. The van der Waals surface area contributed by atoms with E-state index in [0.717, 1.165) is 18.4 Å². The largest absolute Gasteiger partial charge is 0.355 e. The lowest BCUT2D eigenvalue weighted by molar-refractivity contribution is -0.130. The van der Waals surface area contributed by atoms with Gasteiger partial charge in [-0.15, -0.1) is 0 Å². The van der Waals surface area contributed by atoms with Gasteiger partial charge in [0.1, 0.15) is 17.6 Å². The molecule has 148 valence electrons. The molecule has 2 amide bonds. The number of halogens is 2. The van der Waals surface area contributed by atoms with Gasteiger partial charge in [0.05, 0.1) is 10.6 Å². The van der Waals surface area contributed by atoms with Crippen LogP contribution in [0.25, 0.3) is 0 Å². The van der Waals surface area contributed by atoms with Crippen molar-refractivity contribution in [1.29, 1.82) is 0 Å². The topological polar surface area (TPSA) is 92.3 Å². The Hall–Kier alpha value is -2.81. The molecule has 0 unspecified atom stereocenters. The lowest BCUT2D eigenvalue weighted by Crippen LogP contribution is -2.32. The van der Waals surface area contributed by atoms with E-state index in [1.807, 2.05) is 0 Å². The molecule has 1 heterocycles. The maximum Gasteiger partial charge on any atom is 0.237 e. The highest BCUT2D eigenvalue weighted by atomic mass is 32.2. The van der Waals surface area contributed by atoms with Crippen LogP contribution in [0, 0.1) is 24.5 Å². The van der Waals surface area contributed by atoms with E-state index in [9.17, 15) is 26.8 Å². The van der Waals surface area contributed by atoms with Crippen molar-refractivity contribution in [2.45, 2.75) is 17.7 Å². The van der Waals surface area contributed by atoms with Gasteiger partial charge in [-0.1, -0.05) is 12.1 Å². The summed E-state index contributed by atoms with van der Waals surface area (Å²) in [5, 5.41) is 4.98. The number of para-hydroxylation sites is 1. The smallest absolute Gasteiger partial charge is 0.237 e. The Bertz CT molecular complexity index is 1050. The first-order valence-electron chi connectivity index (χ1n) is 8.43. The fraction of sp³-hybridized carbons (Fsp3) is 0.263. The summed E-state index contributed by atoms with van der Waals surface area (Å²) in [6, 6.07) is 8.00. The van der Waals surface area contributed by atoms with Crippen LogP contribution in [-0.2, 0) is 19.4 Å². The molecule has 0 spiro atoms. The number of hydrogen-bond donors (Lipinski definition) is 2. The Morgan fingerprint density at radius 1 is 1.18 bits per heavy atom. The van der Waals surface area contributed by atoms with Gasteiger partial charge >= 0.3 is 0 Å². The molecule has 1 saturated heterocycles. The van der Waals surface area contributed by atoms with Crippen LogP contribution in [-0.4, -0.2) is 33.0 Å². The highest BCUT2D eigenvalue weighted by Gasteiger charge is 2.41. The number of rotatable bonds is 4. The summed E-state index contributed by atoms with van der Waals surface area (Å²) in [7, 11) is -3.61. The molecule has 1 aliphatic heterocycles. The predicted octanol–water partition coefficient (Wildman–Crippen LogP) is 2.15. The molecule has 28 heavy (non-hydrogen) atoms. The SMILES string of the molecule is Cc1c(F)cc([C@H]2CNC(=O)[C@@H]2C(=O)Nc2ccccc2S(C)(=O)=O)cc1F. The predicted molar refractivity (Wildman–Crippen MR) is 98.5 cm³/mol. The van der Waals surface area contributed by atoms with Crippen molar-refractivity contribution in [3.05, 3.63) is 59.2 Å². The highest BCUT2D eigenvalue weighted by molar-refractivity contribution is 7.90. The molecule has 0 radical (unpaired) electrons. The molecule has 2 N–H and O–H groups in total. The van der Waals surface area contributed by atoms with E-state index in [1.165, 1.54) is 25.1 Å². The van der Waals surface area contributed by atoms with Gasteiger partial charge < -0.3 is 10.6 Å². The number of benzene rings is 2. The van der Waals surface area contributed by atoms with Gasteiger partial charge in [0.25, 0.3) is 0 Å². The van der Waals surface area contributed by atoms with Gasteiger partial charge in [0, 0.05) is 24.3 Å². The molecule has 0 saturated carbocycles. The summed E-state index contributed by atoms with van der Waals surface area (Å²) in [5.41, 5.74) is 0.0642. The van der Waals surface area contributed by atoms with E-state index in [-0.39, 0.29) is 28.3 Å². The van der Waals surface area contributed by atoms with E-state index in [2.05, 4.69) is 10.6 Å². The third kappa shape index (κ3) is 3.75. The molecule has 6 nitrogen and oxygen atoms in total. The van der Waals surface area contributed by atoms with Crippen LogP contribution < -0.4 is 10.6 Å². The number of hydrogen-bond acceptors (Lipinski definition) is 4. The monoisotopic (exact) mass is 408 g/mol. The zero-order chi connectivity index (χ0) is 20.6. The van der Waals surface area contributed by atoms with E-state index in [4.69, 9.17) is 0 Å². The van der Waals surface area contributed by atoms with Crippen LogP contribution in [0.15, 0.2) is 41.3 Å². The molecule has 3 rings (SSSR count).